The van der Waals surface area contributed by atoms with Crippen molar-refractivity contribution in [1.29, 1.82) is 0 Å². The largest absolute Gasteiger partial charge is 0.481 e. The van der Waals surface area contributed by atoms with Gasteiger partial charge in [0.2, 0.25) is 0 Å². The summed E-state index contributed by atoms with van der Waals surface area (Å²) in [5.41, 5.74) is 7.23. The summed E-state index contributed by atoms with van der Waals surface area (Å²) in [5.74, 6) is -0.777. The molecule has 0 atom stereocenters. The molecule has 0 aliphatic heterocycles. The van der Waals surface area contributed by atoms with Crippen molar-refractivity contribution in [1.82, 2.24) is 0 Å². The average molecular weight is 312 g/mol. The first-order chi connectivity index (χ1) is 11.0. The van der Waals surface area contributed by atoms with Gasteiger partial charge in [0, 0.05) is 0 Å². The monoisotopic (exact) mass is 312 g/mol. The van der Waals surface area contributed by atoms with E-state index in [1.165, 1.54) is 27.8 Å². The van der Waals surface area contributed by atoms with Gasteiger partial charge in [-0.1, -0.05) is 55.8 Å². The normalized spacial score (nSPS) is 9.96. The molecule has 2 aromatic rings. The van der Waals surface area contributed by atoms with Crippen LogP contribution in [0, 0.1) is 20.8 Å². The molecule has 2 rings (SSSR count). The van der Waals surface area contributed by atoms with Crippen LogP contribution in [0.15, 0.2) is 36.4 Å². The maximum atomic E-state index is 10.8. The Morgan fingerprint density at radius 3 is 1.87 bits per heavy atom. The van der Waals surface area contributed by atoms with Gasteiger partial charge in [0.1, 0.15) is 0 Å². The molecule has 0 heterocycles. The Labute approximate surface area is 140 Å². The summed E-state index contributed by atoms with van der Waals surface area (Å²) >= 11 is 0. The topological polar surface area (TPSA) is 37.3 Å². The van der Waals surface area contributed by atoms with Crippen molar-refractivity contribution < 1.29 is 9.90 Å². The van der Waals surface area contributed by atoms with Crippen LogP contribution >= 0.6 is 0 Å². The number of carboxylic acid groups (broad SMARTS) is 1. The number of rotatable bonds is 5. The second-order valence-corrected chi connectivity index (χ2v) is 5.76. The predicted molar refractivity (Wildman–Crippen MR) is 97.2 cm³/mol. The van der Waals surface area contributed by atoms with Gasteiger partial charge in [-0.2, -0.15) is 0 Å². The zero-order valence-electron chi connectivity index (χ0n) is 14.9. The van der Waals surface area contributed by atoms with Crippen LogP contribution in [-0.2, 0) is 24.1 Å². The van der Waals surface area contributed by atoms with Crippen LogP contribution in [0.5, 0.6) is 0 Å². The van der Waals surface area contributed by atoms with Crippen LogP contribution in [0.1, 0.15) is 47.2 Å². The van der Waals surface area contributed by atoms with Crippen LogP contribution in [0.3, 0.4) is 0 Å². The molecule has 23 heavy (non-hydrogen) atoms. The Morgan fingerprint density at radius 1 is 0.870 bits per heavy atom. The maximum absolute atomic E-state index is 10.8. The molecular weight excluding hydrogens is 284 g/mol. The number of carbonyl (C=O) groups is 1. The molecule has 0 radical (unpaired) electrons. The van der Waals surface area contributed by atoms with E-state index in [9.17, 15) is 4.79 Å². The van der Waals surface area contributed by atoms with Crippen molar-refractivity contribution in [2.75, 3.05) is 0 Å². The van der Waals surface area contributed by atoms with Gasteiger partial charge in [-0.3, -0.25) is 4.79 Å². The number of aryl methyl sites for hydroxylation is 4. The quantitative estimate of drug-likeness (QED) is 0.838. The van der Waals surface area contributed by atoms with Crippen LogP contribution in [-0.4, -0.2) is 11.1 Å². The number of benzene rings is 2. The molecule has 0 aliphatic carbocycles. The van der Waals surface area contributed by atoms with Crippen LogP contribution < -0.4 is 0 Å². The second-order valence-electron chi connectivity index (χ2n) is 5.76. The Kier molecular flexibility index (Phi) is 7.53. The zero-order valence-corrected chi connectivity index (χ0v) is 14.9. The van der Waals surface area contributed by atoms with Gasteiger partial charge in [-0.15, -0.1) is 0 Å². The van der Waals surface area contributed by atoms with E-state index >= 15 is 0 Å². The average Bonchev–Trinajstić information content (AvgIpc) is 2.49. The van der Waals surface area contributed by atoms with Crippen molar-refractivity contribution in [3.05, 3.63) is 69.8 Å². The van der Waals surface area contributed by atoms with Gasteiger partial charge >= 0.3 is 5.97 Å². The molecule has 2 nitrogen and oxygen atoms in total. The number of hydrogen-bond donors (Lipinski definition) is 1. The number of carboxylic acids is 1. The molecule has 1 N–H and O–H groups in total. The first-order valence-corrected chi connectivity index (χ1v) is 8.32. The molecule has 0 aromatic heterocycles. The molecule has 2 heteroatoms. The molecule has 0 amide bonds. The standard InChI is InChI=1S/C19H22O2.C2H6/c1-13-4-6-16(7-5-13)8-9-18-14(2)10-17(11-15(18)3)12-19(20)21;1-2/h4-7,10-11H,8-9,12H2,1-3H3,(H,20,21);1-2H3. The van der Waals surface area contributed by atoms with Gasteiger partial charge < -0.3 is 5.11 Å². The van der Waals surface area contributed by atoms with Crippen molar-refractivity contribution in [2.24, 2.45) is 0 Å². The second kappa shape index (κ2) is 9.14. The predicted octanol–water partition coefficient (Wildman–Crippen LogP) is 5.05. The molecule has 124 valence electrons. The summed E-state index contributed by atoms with van der Waals surface area (Å²) in [6, 6.07) is 12.7. The summed E-state index contributed by atoms with van der Waals surface area (Å²) in [6.45, 7) is 10.2. The van der Waals surface area contributed by atoms with Gasteiger partial charge in [-0.25, -0.2) is 0 Å². The molecule has 2 aromatic carbocycles. The highest BCUT2D eigenvalue weighted by molar-refractivity contribution is 5.70. The first kappa shape index (κ1) is 19.0. The fraction of sp³-hybridized carbons (Fsp3) is 0.381. The van der Waals surface area contributed by atoms with E-state index in [-0.39, 0.29) is 6.42 Å². The van der Waals surface area contributed by atoms with Crippen molar-refractivity contribution in [2.45, 2.75) is 53.9 Å². The minimum Gasteiger partial charge on any atom is -0.481 e. The van der Waals surface area contributed by atoms with Gasteiger partial charge in [0.25, 0.3) is 0 Å². The van der Waals surface area contributed by atoms with Crippen molar-refractivity contribution in [3.63, 3.8) is 0 Å². The van der Waals surface area contributed by atoms with E-state index in [0.717, 1.165) is 18.4 Å². The third-order valence-electron chi connectivity index (χ3n) is 3.90. The van der Waals surface area contributed by atoms with E-state index < -0.39 is 5.97 Å². The summed E-state index contributed by atoms with van der Waals surface area (Å²) in [7, 11) is 0. The zero-order chi connectivity index (χ0) is 17.4. The van der Waals surface area contributed by atoms with E-state index in [2.05, 4.69) is 45.0 Å². The summed E-state index contributed by atoms with van der Waals surface area (Å²) in [4.78, 5) is 10.8. The van der Waals surface area contributed by atoms with Crippen molar-refractivity contribution >= 4 is 5.97 Å². The highest BCUT2D eigenvalue weighted by Crippen LogP contribution is 2.19. The van der Waals surface area contributed by atoms with Gasteiger partial charge in [0.05, 0.1) is 6.42 Å². The Bertz CT molecular complexity index is 616. The summed E-state index contributed by atoms with van der Waals surface area (Å²) in [6.07, 6.45) is 2.11. The summed E-state index contributed by atoms with van der Waals surface area (Å²) in [5, 5.41) is 8.89. The van der Waals surface area contributed by atoms with Gasteiger partial charge in [-0.05, 0) is 61.4 Å². The van der Waals surface area contributed by atoms with E-state index in [1.807, 2.05) is 26.0 Å². The number of aliphatic carboxylic acids is 1. The molecule has 0 unspecified atom stereocenters. The third-order valence-corrected chi connectivity index (χ3v) is 3.90. The lowest BCUT2D eigenvalue weighted by Crippen LogP contribution is -2.04. The smallest absolute Gasteiger partial charge is 0.307 e. The SMILES string of the molecule is CC.Cc1ccc(CCc2c(C)cc(CC(=O)O)cc2C)cc1. The summed E-state index contributed by atoms with van der Waals surface area (Å²) < 4.78 is 0. The highest BCUT2D eigenvalue weighted by atomic mass is 16.4. The molecule has 0 fully saturated rings. The third kappa shape index (κ3) is 5.90. The van der Waals surface area contributed by atoms with E-state index in [1.54, 1.807) is 0 Å². The lowest BCUT2D eigenvalue weighted by atomic mass is 9.93. The fourth-order valence-corrected chi connectivity index (χ4v) is 2.78. The maximum Gasteiger partial charge on any atom is 0.307 e. The first-order valence-electron chi connectivity index (χ1n) is 8.32. The van der Waals surface area contributed by atoms with E-state index in [0.29, 0.717) is 0 Å². The lowest BCUT2D eigenvalue weighted by Gasteiger charge is -2.12. The highest BCUT2D eigenvalue weighted by Gasteiger charge is 2.08. The molecule has 0 aliphatic rings. The lowest BCUT2D eigenvalue weighted by molar-refractivity contribution is -0.136. The minimum atomic E-state index is -0.777. The molecule has 0 saturated heterocycles. The van der Waals surface area contributed by atoms with Crippen LogP contribution in [0.4, 0.5) is 0 Å². The van der Waals surface area contributed by atoms with Gasteiger partial charge in [0.15, 0.2) is 0 Å². The Morgan fingerprint density at radius 2 is 1.39 bits per heavy atom. The molecular formula is C21H28O2. The Hall–Kier alpha value is -2.09. The van der Waals surface area contributed by atoms with E-state index in [4.69, 9.17) is 5.11 Å². The minimum absolute atomic E-state index is 0.0971. The Balaban J connectivity index is 0.00000127. The molecule has 0 spiro atoms. The fourth-order valence-electron chi connectivity index (χ4n) is 2.78. The number of hydrogen-bond acceptors (Lipinski definition) is 1. The van der Waals surface area contributed by atoms with Crippen LogP contribution in [0.25, 0.3) is 0 Å². The van der Waals surface area contributed by atoms with Crippen LogP contribution in [0.2, 0.25) is 0 Å². The molecule has 0 bridgehead atoms. The molecule has 0 saturated carbocycles. The van der Waals surface area contributed by atoms with Crippen molar-refractivity contribution in [3.8, 4) is 0 Å².